The van der Waals surface area contributed by atoms with Crippen LogP contribution in [-0.4, -0.2) is 56.4 Å². The van der Waals surface area contributed by atoms with Gasteiger partial charge in [0.1, 0.15) is 22.7 Å². The van der Waals surface area contributed by atoms with Gasteiger partial charge in [0.15, 0.2) is 5.78 Å². The summed E-state index contributed by atoms with van der Waals surface area (Å²) < 4.78 is 7.31. The molecule has 1 amide bonds. The molecule has 2 fully saturated rings. The number of anilines is 2. The van der Waals surface area contributed by atoms with E-state index in [1.807, 2.05) is 25.7 Å². The van der Waals surface area contributed by atoms with Gasteiger partial charge in [-0.05, 0) is 63.6 Å². The number of pyridine rings is 1. The van der Waals surface area contributed by atoms with Crippen molar-refractivity contribution in [1.82, 2.24) is 19.4 Å². The van der Waals surface area contributed by atoms with Crippen molar-refractivity contribution < 1.29 is 14.3 Å². The third kappa shape index (κ3) is 3.41. The molecular weight excluding hydrogens is 490 g/mol. The second-order valence-electron chi connectivity index (χ2n) is 11.4. The van der Waals surface area contributed by atoms with Crippen molar-refractivity contribution in [1.29, 1.82) is 0 Å². The Morgan fingerprint density at radius 1 is 1.27 bits per heavy atom. The van der Waals surface area contributed by atoms with E-state index >= 15 is 0 Å². The number of amides is 1. The lowest BCUT2D eigenvalue weighted by Crippen LogP contribution is -2.45. The van der Waals surface area contributed by atoms with Crippen molar-refractivity contribution in [2.24, 2.45) is 5.92 Å². The maximum atomic E-state index is 13.5. The zero-order chi connectivity index (χ0) is 25.6. The Balaban J connectivity index is 1.22. The van der Waals surface area contributed by atoms with Gasteiger partial charge in [0, 0.05) is 23.8 Å². The van der Waals surface area contributed by atoms with Crippen LogP contribution >= 0.6 is 11.3 Å². The van der Waals surface area contributed by atoms with E-state index in [9.17, 15) is 14.4 Å². The van der Waals surface area contributed by atoms with E-state index in [1.165, 1.54) is 16.8 Å². The number of nitrogens with one attached hydrogen (secondary N) is 1. The molecule has 3 aromatic rings. The van der Waals surface area contributed by atoms with Gasteiger partial charge in [-0.25, -0.2) is 9.97 Å². The molecule has 2 saturated heterocycles. The van der Waals surface area contributed by atoms with Gasteiger partial charge in [0.25, 0.3) is 5.56 Å². The SMILES string of the molecule is Cc1cc(Nc2ncnc3sc4c(c23)CC[C@H](C(=O)N2C[C@H]3C[C@@H]2CO3)C4)c(=O)n2c1C(=O)CC2(C)C. The lowest BCUT2D eigenvalue weighted by Gasteiger charge is -2.32. The number of nitrogens with zero attached hydrogens (tertiary/aromatic N) is 4. The fourth-order valence-electron chi connectivity index (χ4n) is 6.76. The Morgan fingerprint density at radius 3 is 2.86 bits per heavy atom. The summed E-state index contributed by atoms with van der Waals surface area (Å²) in [5.41, 5.74) is 2.05. The van der Waals surface area contributed by atoms with Crippen LogP contribution in [0.4, 0.5) is 11.5 Å². The molecule has 7 rings (SSSR count). The summed E-state index contributed by atoms with van der Waals surface area (Å²) in [6.07, 6.45) is 5.27. The van der Waals surface area contributed by atoms with Crippen molar-refractivity contribution in [3.8, 4) is 0 Å². The Hall–Kier alpha value is -3.11. The second kappa shape index (κ2) is 7.94. The van der Waals surface area contributed by atoms with Crippen molar-refractivity contribution in [2.45, 2.75) is 70.6 Å². The first-order chi connectivity index (χ1) is 17.7. The average molecular weight is 520 g/mol. The molecule has 4 aliphatic rings. The molecule has 3 atom stereocenters. The number of rotatable bonds is 3. The molecule has 0 saturated carbocycles. The van der Waals surface area contributed by atoms with Crippen LogP contribution in [0.1, 0.15) is 59.6 Å². The quantitative estimate of drug-likeness (QED) is 0.566. The van der Waals surface area contributed by atoms with Gasteiger partial charge in [-0.3, -0.25) is 19.0 Å². The van der Waals surface area contributed by atoms with Gasteiger partial charge in [0.05, 0.1) is 35.4 Å². The number of carbonyl (C=O) groups is 2. The number of aryl methyl sites for hydroxylation is 2. The lowest BCUT2D eigenvalue weighted by molar-refractivity contribution is -0.140. The van der Waals surface area contributed by atoms with Gasteiger partial charge in [-0.1, -0.05) is 0 Å². The molecule has 1 N–H and O–H groups in total. The zero-order valence-corrected chi connectivity index (χ0v) is 22.0. The number of ether oxygens (including phenoxy) is 1. The van der Waals surface area contributed by atoms with Crippen LogP contribution in [0.3, 0.4) is 0 Å². The molecular formula is C27H29N5O4S. The van der Waals surface area contributed by atoms with Crippen LogP contribution in [0.15, 0.2) is 17.2 Å². The van der Waals surface area contributed by atoms with E-state index in [2.05, 4.69) is 15.3 Å². The summed E-state index contributed by atoms with van der Waals surface area (Å²) in [4.78, 5) is 52.5. The average Bonchev–Trinajstić information content (AvgIpc) is 3.62. The van der Waals surface area contributed by atoms with E-state index < -0.39 is 5.54 Å². The maximum absolute atomic E-state index is 13.5. The fourth-order valence-corrected chi connectivity index (χ4v) is 8.03. The molecule has 6 heterocycles. The van der Waals surface area contributed by atoms with Crippen molar-refractivity contribution >= 4 is 44.7 Å². The monoisotopic (exact) mass is 519 g/mol. The number of ketones is 1. The number of thiophene rings is 1. The third-order valence-electron chi connectivity index (χ3n) is 8.49. The summed E-state index contributed by atoms with van der Waals surface area (Å²) in [6, 6.07) is 1.99. The van der Waals surface area contributed by atoms with E-state index in [4.69, 9.17) is 4.74 Å². The minimum atomic E-state index is -0.572. The molecule has 1 aliphatic carbocycles. The summed E-state index contributed by atoms with van der Waals surface area (Å²) >= 11 is 1.62. The minimum absolute atomic E-state index is 0.000803. The van der Waals surface area contributed by atoms with Crippen LogP contribution in [-0.2, 0) is 27.9 Å². The van der Waals surface area contributed by atoms with Crippen LogP contribution in [0, 0.1) is 12.8 Å². The molecule has 9 nitrogen and oxygen atoms in total. The summed E-state index contributed by atoms with van der Waals surface area (Å²) in [5.74, 6) is 0.830. The molecule has 3 aliphatic heterocycles. The molecule has 0 radical (unpaired) electrons. The fraction of sp³-hybridized carbons (Fsp3) is 0.519. The highest BCUT2D eigenvalue weighted by molar-refractivity contribution is 7.19. The van der Waals surface area contributed by atoms with Crippen molar-refractivity contribution in [3.63, 3.8) is 0 Å². The second-order valence-corrected chi connectivity index (χ2v) is 12.5. The molecule has 0 aromatic carbocycles. The van der Waals surface area contributed by atoms with Crippen molar-refractivity contribution in [3.05, 3.63) is 44.4 Å². The Morgan fingerprint density at radius 2 is 2.11 bits per heavy atom. The zero-order valence-electron chi connectivity index (χ0n) is 21.2. The van der Waals surface area contributed by atoms with E-state index in [0.29, 0.717) is 36.6 Å². The number of likely N-dealkylation sites (tertiary alicyclic amines) is 1. The predicted octanol–water partition coefficient (Wildman–Crippen LogP) is 3.33. The molecule has 0 unspecified atom stereocenters. The minimum Gasteiger partial charge on any atom is -0.374 e. The Bertz CT molecular complexity index is 1560. The molecule has 37 heavy (non-hydrogen) atoms. The summed E-state index contributed by atoms with van der Waals surface area (Å²) in [7, 11) is 0. The van der Waals surface area contributed by atoms with E-state index in [-0.39, 0.29) is 35.3 Å². The van der Waals surface area contributed by atoms with Gasteiger partial charge in [-0.15, -0.1) is 11.3 Å². The van der Waals surface area contributed by atoms with E-state index in [0.717, 1.165) is 41.6 Å². The summed E-state index contributed by atoms with van der Waals surface area (Å²) in [5, 5.41) is 4.22. The van der Waals surface area contributed by atoms with Crippen LogP contribution in [0.25, 0.3) is 10.2 Å². The van der Waals surface area contributed by atoms with Gasteiger partial charge < -0.3 is 15.0 Å². The summed E-state index contributed by atoms with van der Waals surface area (Å²) in [6.45, 7) is 7.09. The Labute approximate surface area is 217 Å². The maximum Gasteiger partial charge on any atom is 0.275 e. The van der Waals surface area contributed by atoms with Crippen LogP contribution in [0.5, 0.6) is 0 Å². The molecule has 3 aromatic heterocycles. The topological polar surface area (TPSA) is 106 Å². The highest BCUT2D eigenvalue weighted by atomic mass is 32.1. The lowest BCUT2D eigenvalue weighted by atomic mass is 9.86. The number of morpholine rings is 1. The number of aromatic nitrogens is 3. The van der Waals surface area contributed by atoms with Crippen LogP contribution in [0.2, 0.25) is 0 Å². The largest absolute Gasteiger partial charge is 0.374 e. The number of fused-ring (bicyclic) bond motifs is 6. The predicted molar refractivity (Wildman–Crippen MR) is 140 cm³/mol. The van der Waals surface area contributed by atoms with Gasteiger partial charge in [-0.2, -0.15) is 0 Å². The number of carbonyl (C=O) groups excluding carboxylic acids is 2. The molecule has 2 bridgehead atoms. The third-order valence-corrected chi connectivity index (χ3v) is 9.65. The normalized spacial score (nSPS) is 25.5. The highest BCUT2D eigenvalue weighted by Crippen LogP contribution is 2.42. The highest BCUT2D eigenvalue weighted by Gasteiger charge is 2.44. The first-order valence-electron chi connectivity index (χ1n) is 13.0. The number of hydrogen-bond donors (Lipinski definition) is 1. The Kier molecular flexibility index (Phi) is 4.95. The number of Topliss-reactive ketones (excluding diaryl/α,β-unsaturated/α-hetero) is 1. The number of hydrogen-bond acceptors (Lipinski definition) is 8. The first kappa shape index (κ1) is 23.0. The molecule has 192 valence electrons. The molecule has 0 spiro atoms. The van der Waals surface area contributed by atoms with E-state index in [1.54, 1.807) is 22.0 Å². The van der Waals surface area contributed by atoms with Gasteiger partial charge >= 0.3 is 0 Å². The smallest absolute Gasteiger partial charge is 0.275 e. The molecule has 10 heteroatoms. The van der Waals surface area contributed by atoms with Crippen LogP contribution < -0.4 is 10.9 Å². The standard InChI is InChI=1S/C27H29N5O4S/c1-13-6-18(26(35)32-22(13)19(33)9-27(32,2)3)30-23-21-17-5-4-14(7-20(17)37-24(21)29-12-28-23)25(34)31-10-16-8-15(31)11-36-16/h6,12,14-16H,4-5,7-11H2,1-3H3,(H,28,29,30)/t14-,15+,16+/m0/s1. The van der Waals surface area contributed by atoms with Gasteiger partial charge in [0.2, 0.25) is 5.91 Å². The first-order valence-corrected chi connectivity index (χ1v) is 13.8. The van der Waals surface area contributed by atoms with Crippen molar-refractivity contribution in [2.75, 3.05) is 18.5 Å².